The fourth-order valence-corrected chi connectivity index (χ4v) is 0.359. The zero-order valence-electron chi connectivity index (χ0n) is 4.76. The Morgan fingerprint density at radius 3 is 2.75 bits per heavy atom. The van der Waals surface area contributed by atoms with Crippen molar-refractivity contribution in [1.82, 2.24) is 0 Å². The van der Waals surface area contributed by atoms with Crippen molar-refractivity contribution in [3.63, 3.8) is 0 Å². The molecule has 0 fully saturated rings. The number of halogens is 1. The molecule has 0 aromatic rings. The van der Waals surface area contributed by atoms with Crippen molar-refractivity contribution in [2.24, 2.45) is 4.99 Å². The monoisotopic (exact) mass is 221 g/mol. The van der Waals surface area contributed by atoms with Crippen LogP contribution in [0.2, 0.25) is 0 Å². The SMILES string of the molecule is C=C/C=N\C(C)=C/I. The molecule has 0 unspecified atom stereocenters. The van der Waals surface area contributed by atoms with Gasteiger partial charge in [-0.1, -0.05) is 35.2 Å². The van der Waals surface area contributed by atoms with Crippen LogP contribution in [0.5, 0.6) is 0 Å². The van der Waals surface area contributed by atoms with E-state index < -0.39 is 0 Å². The van der Waals surface area contributed by atoms with Crippen LogP contribution in [-0.2, 0) is 0 Å². The second-order valence-corrected chi connectivity index (χ2v) is 1.89. The average Bonchev–Trinajstić information content (AvgIpc) is 1.83. The summed E-state index contributed by atoms with van der Waals surface area (Å²) in [6.45, 7) is 5.42. The Bertz CT molecular complexity index is 124. The van der Waals surface area contributed by atoms with E-state index in [1.54, 1.807) is 12.3 Å². The summed E-state index contributed by atoms with van der Waals surface area (Å²) < 4.78 is 1.91. The molecular formula is C6H8IN. The quantitative estimate of drug-likeness (QED) is 0.501. The lowest BCUT2D eigenvalue weighted by Crippen LogP contribution is -1.65. The number of aliphatic imine (C=N–C) groups is 1. The topological polar surface area (TPSA) is 12.4 Å². The van der Waals surface area contributed by atoms with Crippen LogP contribution >= 0.6 is 22.6 Å². The van der Waals surface area contributed by atoms with E-state index in [0.717, 1.165) is 5.70 Å². The van der Waals surface area contributed by atoms with E-state index in [9.17, 15) is 0 Å². The molecule has 0 aliphatic rings. The van der Waals surface area contributed by atoms with Gasteiger partial charge in [-0.2, -0.15) is 0 Å². The molecule has 0 bridgehead atoms. The normalized spacial score (nSPS) is 12.5. The van der Waals surface area contributed by atoms with Gasteiger partial charge in [-0.15, -0.1) is 0 Å². The molecule has 0 atom stereocenters. The largest absolute Gasteiger partial charge is 0.261 e. The summed E-state index contributed by atoms with van der Waals surface area (Å²) >= 11 is 2.14. The van der Waals surface area contributed by atoms with Gasteiger partial charge < -0.3 is 0 Å². The second kappa shape index (κ2) is 5.03. The van der Waals surface area contributed by atoms with Crippen LogP contribution in [-0.4, -0.2) is 6.21 Å². The number of hydrogen-bond donors (Lipinski definition) is 0. The van der Waals surface area contributed by atoms with Crippen molar-refractivity contribution in [3.8, 4) is 0 Å². The van der Waals surface area contributed by atoms with Gasteiger partial charge in [0.2, 0.25) is 0 Å². The third kappa shape index (κ3) is 4.05. The van der Waals surface area contributed by atoms with Crippen LogP contribution in [0.3, 0.4) is 0 Å². The van der Waals surface area contributed by atoms with Crippen molar-refractivity contribution in [3.05, 3.63) is 22.4 Å². The van der Waals surface area contributed by atoms with E-state index in [1.807, 2.05) is 11.0 Å². The van der Waals surface area contributed by atoms with E-state index in [0.29, 0.717) is 0 Å². The van der Waals surface area contributed by atoms with E-state index in [-0.39, 0.29) is 0 Å². The summed E-state index contributed by atoms with van der Waals surface area (Å²) in [5.74, 6) is 0. The first-order chi connectivity index (χ1) is 3.81. The van der Waals surface area contributed by atoms with E-state index in [2.05, 4.69) is 34.2 Å². The van der Waals surface area contributed by atoms with Gasteiger partial charge in [0.1, 0.15) is 0 Å². The third-order valence-electron chi connectivity index (χ3n) is 0.541. The molecule has 0 spiro atoms. The molecule has 8 heavy (non-hydrogen) atoms. The Kier molecular flexibility index (Phi) is 4.95. The molecule has 0 saturated carbocycles. The van der Waals surface area contributed by atoms with Crippen LogP contribution < -0.4 is 0 Å². The fraction of sp³-hybridized carbons (Fsp3) is 0.167. The summed E-state index contributed by atoms with van der Waals surface area (Å²) in [4.78, 5) is 3.97. The van der Waals surface area contributed by atoms with E-state index in [4.69, 9.17) is 0 Å². The molecular weight excluding hydrogens is 213 g/mol. The maximum absolute atomic E-state index is 3.97. The molecule has 0 rings (SSSR count). The van der Waals surface area contributed by atoms with Gasteiger partial charge in [0.05, 0.1) is 0 Å². The Balaban J connectivity index is 3.69. The highest BCUT2D eigenvalue weighted by Gasteiger charge is 1.72. The zero-order chi connectivity index (χ0) is 6.41. The maximum Gasteiger partial charge on any atom is 0.0433 e. The Morgan fingerprint density at radius 1 is 1.75 bits per heavy atom. The minimum atomic E-state index is 1.01. The van der Waals surface area contributed by atoms with Crippen molar-refractivity contribution < 1.29 is 0 Å². The molecule has 0 saturated heterocycles. The number of hydrogen-bond acceptors (Lipinski definition) is 1. The molecule has 0 heterocycles. The predicted octanol–water partition coefficient (Wildman–Crippen LogP) is 2.54. The highest BCUT2D eigenvalue weighted by molar-refractivity contribution is 14.1. The standard InChI is InChI=1S/C6H8IN/c1-3-4-8-6(2)5-7/h3-5H,1H2,2H3/b6-5-,8-4-. The molecule has 0 aliphatic heterocycles. The van der Waals surface area contributed by atoms with Gasteiger partial charge in [-0.05, 0) is 11.0 Å². The van der Waals surface area contributed by atoms with Crippen molar-refractivity contribution in [1.29, 1.82) is 0 Å². The van der Waals surface area contributed by atoms with Gasteiger partial charge in [0, 0.05) is 11.9 Å². The number of allylic oxidation sites excluding steroid dienone is 2. The molecule has 0 amide bonds. The molecule has 0 aromatic heterocycles. The second-order valence-electron chi connectivity index (χ2n) is 1.26. The van der Waals surface area contributed by atoms with Crippen LogP contribution in [0, 0.1) is 0 Å². The summed E-state index contributed by atoms with van der Waals surface area (Å²) in [5.41, 5.74) is 1.01. The fourth-order valence-electron chi connectivity index (χ4n) is 0.198. The smallest absolute Gasteiger partial charge is 0.0433 e. The summed E-state index contributed by atoms with van der Waals surface area (Å²) in [5, 5.41) is 0. The lowest BCUT2D eigenvalue weighted by atomic mass is 10.6. The minimum Gasteiger partial charge on any atom is -0.261 e. The van der Waals surface area contributed by atoms with Crippen LogP contribution in [0.4, 0.5) is 0 Å². The summed E-state index contributed by atoms with van der Waals surface area (Å²) in [6.07, 6.45) is 3.33. The third-order valence-corrected chi connectivity index (χ3v) is 1.44. The first-order valence-corrected chi connectivity index (χ1v) is 3.48. The van der Waals surface area contributed by atoms with Gasteiger partial charge in [-0.3, -0.25) is 4.99 Å². The summed E-state index contributed by atoms with van der Waals surface area (Å²) in [7, 11) is 0. The van der Waals surface area contributed by atoms with Gasteiger partial charge in [0.25, 0.3) is 0 Å². The molecule has 0 N–H and O–H groups in total. The maximum atomic E-state index is 3.97. The summed E-state index contributed by atoms with van der Waals surface area (Å²) in [6, 6.07) is 0. The Labute approximate surface area is 63.3 Å². The molecule has 0 aromatic carbocycles. The predicted molar refractivity (Wildman–Crippen MR) is 46.5 cm³/mol. The first kappa shape index (κ1) is 7.88. The lowest BCUT2D eigenvalue weighted by molar-refractivity contribution is 1.34. The van der Waals surface area contributed by atoms with Gasteiger partial charge in [-0.25, -0.2) is 0 Å². The molecule has 1 nitrogen and oxygen atoms in total. The molecule has 44 valence electrons. The zero-order valence-corrected chi connectivity index (χ0v) is 6.92. The van der Waals surface area contributed by atoms with Gasteiger partial charge >= 0.3 is 0 Å². The average molecular weight is 221 g/mol. The Morgan fingerprint density at radius 2 is 2.38 bits per heavy atom. The molecule has 0 aliphatic carbocycles. The number of rotatable bonds is 2. The minimum absolute atomic E-state index is 1.01. The highest BCUT2D eigenvalue weighted by atomic mass is 127. The van der Waals surface area contributed by atoms with Crippen LogP contribution in [0.15, 0.2) is 27.4 Å². The van der Waals surface area contributed by atoms with Crippen molar-refractivity contribution in [2.75, 3.05) is 0 Å². The van der Waals surface area contributed by atoms with Crippen molar-refractivity contribution >= 4 is 28.8 Å². The number of nitrogens with zero attached hydrogens (tertiary/aromatic N) is 1. The molecule has 0 radical (unpaired) electrons. The van der Waals surface area contributed by atoms with Crippen molar-refractivity contribution in [2.45, 2.75) is 6.92 Å². The lowest BCUT2D eigenvalue weighted by Gasteiger charge is -1.81. The Hall–Kier alpha value is -0.120. The van der Waals surface area contributed by atoms with E-state index >= 15 is 0 Å². The van der Waals surface area contributed by atoms with E-state index in [1.165, 1.54) is 0 Å². The van der Waals surface area contributed by atoms with Crippen LogP contribution in [0.1, 0.15) is 6.92 Å². The highest BCUT2D eigenvalue weighted by Crippen LogP contribution is 1.96. The first-order valence-electron chi connectivity index (χ1n) is 2.23. The van der Waals surface area contributed by atoms with Crippen LogP contribution in [0.25, 0.3) is 0 Å². The van der Waals surface area contributed by atoms with Gasteiger partial charge in [0.15, 0.2) is 0 Å². The molecule has 2 heteroatoms.